The van der Waals surface area contributed by atoms with E-state index in [2.05, 4.69) is 10.6 Å². The first kappa shape index (κ1) is 23.7. The van der Waals surface area contributed by atoms with Gasteiger partial charge in [-0.3, -0.25) is 14.4 Å². The lowest BCUT2D eigenvalue weighted by molar-refractivity contribution is -0.143. The Morgan fingerprint density at radius 1 is 0.970 bits per heavy atom. The molecule has 0 aliphatic heterocycles. The first-order valence-electron chi connectivity index (χ1n) is 10.6. The van der Waals surface area contributed by atoms with Crippen molar-refractivity contribution < 1.29 is 23.5 Å². The fraction of sp³-hybridized carbons (Fsp3) is 0.240. The lowest BCUT2D eigenvalue weighted by atomic mass is 10.1. The molecular weight excluding hydrogens is 425 g/mol. The van der Waals surface area contributed by atoms with Crippen molar-refractivity contribution in [3.05, 3.63) is 72.2 Å². The Morgan fingerprint density at radius 2 is 1.67 bits per heavy atom. The van der Waals surface area contributed by atoms with Gasteiger partial charge in [0.25, 0.3) is 0 Å². The first-order chi connectivity index (χ1) is 15.9. The molecule has 2 amide bonds. The monoisotopic (exact) mass is 451 g/mol. The largest absolute Gasteiger partial charge is 0.465 e. The summed E-state index contributed by atoms with van der Waals surface area (Å²) in [6.07, 6.45) is 0.597. The molecule has 0 unspecified atom stereocenters. The van der Waals surface area contributed by atoms with E-state index in [4.69, 9.17) is 4.74 Å². The molecule has 0 radical (unpaired) electrons. The third-order valence-corrected chi connectivity index (χ3v) is 4.89. The summed E-state index contributed by atoms with van der Waals surface area (Å²) in [5, 5.41) is 5.30. The average Bonchev–Trinajstić information content (AvgIpc) is 3.21. The van der Waals surface area contributed by atoms with E-state index in [0.717, 1.165) is 22.6 Å². The van der Waals surface area contributed by atoms with Crippen LogP contribution in [0.5, 0.6) is 0 Å². The van der Waals surface area contributed by atoms with E-state index in [9.17, 15) is 18.8 Å². The number of halogens is 1. The highest BCUT2D eigenvalue weighted by Crippen LogP contribution is 2.28. The van der Waals surface area contributed by atoms with Gasteiger partial charge in [-0.05, 0) is 79.6 Å². The number of amides is 2. The fourth-order valence-electron chi connectivity index (χ4n) is 3.43. The summed E-state index contributed by atoms with van der Waals surface area (Å²) in [6, 6.07) is 17.3. The number of carbonyl (C=O) groups is 3. The number of aromatic nitrogens is 1. The molecule has 0 atom stereocenters. The summed E-state index contributed by atoms with van der Waals surface area (Å²) in [6.45, 7) is 3.24. The van der Waals surface area contributed by atoms with Crippen LogP contribution in [0.1, 0.15) is 26.0 Å². The third-order valence-electron chi connectivity index (χ3n) is 4.89. The van der Waals surface area contributed by atoms with E-state index < -0.39 is 5.97 Å². The molecule has 172 valence electrons. The van der Waals surface area contributed by atoms with Gasteiger partial charge in [0.05, 0.1) is 12.3 Å². The Kier molecular flexibility index (Phi) is 7.96. The molecule has 2 aromatic carbocycles. The number of aryl methyl sites for hydroxylation is 1. The Labute approximate surface area is 191 Å². The maximum atomic E-state index is 13.4. The summed E-state index contributed by atoms with van der Waals surface area (Å²) >= 11 is 0. The molecule has 33 heavy (non-hydrogen) atoms. The van der Waals surface area contributed by atoms with Crippen molar-refractivity contribution in [2.45, 2.75) is 26.7 Å². The van der Waals surface area contributed by atoms with Gasteiger partial charge in [-0.2, -0.15) is 0 Å². The second-order valence-corrected chi connectivity index (χ2v) is 7.36. The van der Waals surface area contributed by atoms with Gasteiger partial charge in [0.2, 0.25) is 11.8 Å². The highest BCUT2D eigenvalue weighted by atomic mass is 19.1. The van der Waals surface area contributed by atoms with Gasteiger partial charge >= 0.3 is 5.97 Å². The van der Waals surface area contributed by atoms with Crippen LogP contribution in [0.15, 0.2) is 60.7 Å². The molecule has 7 nitrogen and oxygen atoms in total. The lowest BCUT2D eigenvalue weighted by Crippen LogP contribution is -2.30. The molecule has 0 bridgehead atoms. The second-order valence-electron chi connectivity index (χ2n) is 7.36. The van der Waals surface area contributed by atoms with Crippen LogP contribution in [-0.2, 0) is 25.5 Å². The zero-order valence-corrected chi connectivity index (χ0v) is 18.6. The average molecular weight is 451 g/mol. The van der Waals surface area contributed by atoms with Gasteiger partial charge in [-0.15, -0.1) is 0 Å². The summed E-state index contributed by atoms with van der Waals surface area (Å²) < 4.78 is 20.3. The number of nitrogens with zero attached hydrogens (tertiary/aromatic N) is 1. The Balaban J connectivity index is 1.84. The number of benzene rings is 2. The van der Waals surface area contributed by atoms with E-state index in [1.807, 2.05) is 28.8 Å². The van der Waals surface area contributed by atoms with Gasteiger partial charge in [-0.25, -0.2) is 4.39 Å². The minimum atomic E-state index is -0.480. The molecule has 2 N–H and O–H groups in total. The van der Waals surface area contributed by atoms with E-state index in [0.29, 0.717) is 12.1 Å². The zero-order chi connectivity index (χ0) is 23.8. The molecule has 8 heteroatoms. The lowest BCUT2D eigenvalue weighted by Gasteiger charge is -2.15. The Morgan fingerprint density at radius 3 is 2.30 bits per heavy atom. The SMILES string of the molecule is CCOC(=O)CNC(=O)CCc1ccc(-c2ccc(F)cc2)n1-c1ccc(NC(C)=O)cc1. The summed E-state index contributed by atoms with van der Waals surface area (Å²) in [5.41, 5.74) is 4.02. The number of carbonyl (C=O) groups excluding carboxylic acids is 3. The van der Waals surface area contributed by atoms with Gasteiger partial charge in [0, 0.05) is 30.4 Å². The molecule has 3 rings (SSSR count). The molecule has 0 saturated heterocycles. The Hall–Kier alpha value is -3.94. The molecule has 0 aliphatic rings. The van der Waals surface area contributed by atoms with Crippen molar-refractivity contribution in [2.75, 3.05) is 18.5 Å². The number of rotatable bonds is 9. The molecule has 3 aromatic rings. The van der Waals surface area contributed by atoms with E-state index in [1.165, 1.54) is 19.1 Å². The molecule has 1 aromatic heterocycles. The van der Waals surface area contributed by atoms with Crippen molar-refractivity contribution in [1.29, 1.82) is 0 Å². The van der Waals surface area contributed by atoms with Crippen LogP contribution < -0.4 is 10.6 Å². The molecule has 0 saturated carbocycles. The molecular formula is C25H26FN3O4. The maximum absolute atomic E-state index is 13.4. The van der Waals surface area contributed by atoms with Crippen LogP contribution in [0.2, 0.25) is 0 Å². The third kappa shape index (κ3) is 6.52. The zero-order valence-electron chi connectivity index (χ0n) is 18.6. The minimum absolute atomic E-state index is 0.162. The van der Waals surface area contributed by atoms with Crippen LogP contribution in [0.25, 0.3) is 16.9 Å². The number of ether oxygens (including phenoxy) is 1. The van der Waals surface area contributed by atoms with Crippen LogP contribution in [0.4, 0.5) is 10.1 Å². The van der Waals surface area contributed by atoms with Crippen molar-refractivity contribution in [3.63, 3.8) is 0 Å². The first-order valence-corrected chi connectivity index (χ1v) is 10.6. The van der Waals surface area contributed by atoms with Crippen LogP contribution >= 0.6 is 0 Å². The standard InChI is InChI=1S/C25H26FN3O4/c1-3-33-25(32)16-27-24(31)15-13-22-12-14-23(18-4-6-19(26)7-5-18)29(22)21-10-8-20(9-11-21)28-17(2)30/h4-12,14H,3,13,15-16H2,1-2H3,(H,27,31)(H,28,30). The highest BCUT2D eigenvalue weighted by Gasteiger charge is 2.14. The number of hydrogen-bond acceptors (Lipinski definition) is 4. The molecule has 0 spiro atoms. The van der Waals surface area contributed by atoms with Gasteiger partial charge in [0.15, 0.2) is 0 Å². The predicted octanol–water partition coefficient (Wildman–Crippen LogP) is 3.85. The van der Waals surface area contributed by atoms with Crippen LogP contribution in [0, 0.1) is 5.82 Å². The normalized spacial score (nSPS) is 10.5. The van der Waals surface area contributed by atoms with Gasteiger partial charge < -0.3 is 19.9 Å². The molecule has 0 aliphatic carbocycles. The molecule has 0 fully saturated rings. The van der Waals surface area contributed by atoms with Crippen molar-refractivity contribution in [3.8, 4) is 16.9 Å². The summed E-state index contributed by atoms with van der Waals surface area (Å²) in [5.74, 6) is -1.23. The van der Waals surface area contributed by atoms with E-state index >= 15 is 0 Å². The number of nitrogens with one attached hydrogen (secondary N) is 2. The molecule has 1 heterocycles. The van der Waals surface area contributed by atoms with Crippen molar-refractivity contribution in [1.82, 2.24) is 9.88 Å². The highest BCUT2D eigenvalue weighted by molar-refractivity contribution is 5.88. The quantitative estimate of drug-likeness (QED) is 0.484. The van der Waals surface area contributed by atoms with E-state index in [-0.39, 0.29) is 37.2 Å². The fourth-order valence-corrected chi connectivity index (χ4v) is 3.43. The van der Waals surface area contributed by atoms with Crippen molar-refractivity contribution in [2.24, 2.45) is 0 Å². The summed E-state index contributed by atoms with van der Waals surface area (Å²) in [7, 11) is 0. The smallest absolute Gasteiger partial charge is 0.325 e. The van der Waals surface area contributed by atoms with Gasteiger partial charge in [0.1, 0.15) is 12.4 Å². The number of esters is 1. The van der Waals surface area contributed by atoms with E-state index in [1.54, 1.807) is 31.2 Å². The predicted molar refractivity (Wildman–Crippen MR) is 123 cm³/mol. The van der Waals surface area contributed by atoms with Gasteiger partial charge in [-0.1, -0.05) is 0 Å². The van der Waals surface area contributed by atoms with Crippen molar-refractivity contribution >= 4 is 23.5 Å². The topological polar surface area (TPSA) is 89.4 Å². The maximum Gasteiger partial charge on any atom is 0.325 e. The summed E-state index contributed by atoms with van der Waals surface area (Å²) in [4.78, 5) is 35.0. The Bertz CT molecular complexity index is 1120. The van der Waals surface area contributed by atoms with Crippen LogP contribution in [0.3, 0.4) is 0 Å². The minimum Gasteiger partial charge on any atom is -0.465 e. The van der Waals surface area contributed by atoms with Crippen LogP contribution in [-0.4, -0.2) is 35.5 Å². The number of hydrogen-bond donors (Lipinski definition) is 2. The second kappa shape index (κ2) is 11.1. The number of anilines is 1.